The van der Waals surface area contributed by atoms with Gasteiger partial charge in [-0.15, -0.1) is 0 Å². The lowest BCUT2D eigenvalue weighted by atomic mass is 9.94. The predicted molar refractivity (Wildman–Crippen MR) is 148 cm³/mol. The minimum Gasteiger partial charge on any atom is -0.508 e. The fraction of sp³-hybridized carbons (Fsp3) is 0.172. The van der Waals surface area contributed by atoms with E-state index in [1.165, 1.54) is 0 Å². The second-order valence-corrected chi connectivity index (χ2v) is 11.0. The van der Waals surface area contributed by atoms with Crippen LogP contribution in [0.4, 0.5) is 5.69 Å². The number of anilines is 1. The van der Waals surface area contributed by atoms with E-state index in [0.717, 1.165) is 33.8 Å². The van der Waals surface area contributed by atoms with Crippen LogP contribution in [0.5, 0.6) is 5.75 Å². The Morgan fingerprint density at radius 3 is 2.16 bits per heavy atom. The Kier molecular flexibility index (Phi) is 6.77. The van der Waals surface area contributed by atoms with E-state index in [1.54, 1.807) is 42.5 Å². The molecule has 9 heteroatoms. The van der Waals surface area contributed by atoms with Crippen LogP contribution in [0.1, 0.15) is 20.7 Å². The Labute approximate surface area is 221 Å². The molecule has 1 heterocycles. The first-order chi connectivity index (χ1) is 18.2. The summed E-state index contributed by atoms with van der Waals surface area (Å²) in [5.74, 6) is -0.510. The van der Waals surface area contributed by atoms with E-state index in [4.69, 9.17) is 0 Å². The summed E-state index contributed by atoms with van der Waals surface area (Å²) in [7, 11) is -3.63. The summed E-state index contributed by atoms with van der Waals surface area (Å²) in [5, 5.41) is 11.7. The van der Waals surface area contributed by atoms with Crippen molar-refractivity contribution in [3.05, 3.63) is 96.1 Å². The van der Waals surface area contributed by atoms with E-state index in [0.29, 0.717) is 31.7 Å². The molecule has 0 bridgehead atoms. The van der Waals surface area contributed by atoms with Gasteiger partial charge in [0.05, 0.1) is 6.26 Å². The van der Waals surface area contributed by atoms with Gasteiger partial charge in [0.25, 0.3) is 11.8 Å². The van der Waals surface area contributed by atoms with E-state index in [-0.39, 0.29) is 17.2 Å². The largest absolute Gasteiger partial charge is 0.508 e. The fourth-order valence-corrected chi connectivity index (χ4v) is 5.25. The number of fused-ring (bicyclic) bond motifs is 1. The third-order valence-corrected chi connectivity index (χ3v) is 7.21. The van der Waals surface area contributed by atoms with Crippen molar-refractivity contribution in [3.8, 4) is 16.9 Å². The molecule has 4 aromatic rings. The third-order valence-electron chi connectivity index (χ3n) is 6.65. The number of nitrogens with zero attached hydrogens (tertiary/aromatic N) is 2. The van der Waals surface area contributed by atoms with Crippen molar-refractivity contribution in [1.82, 2.24) is 9.62 Å². The zero-order valence-corrected chi connectivity index (χ0v) is 21.6. The molecule has 0 aliphatic carbocycles. The number of benzene rings is 4. The fourth-order valence-electron chi connectivity index (χ4n) is 4.80. The van der Waals surface area contributed by atoms with E-state index < -0.39 is 15.9 Å². The number of nitrogens with one attached hydrogen (secondary N) is 1. The molecule has 0 saturated carbocycles. The lowest BCUT2D eigenvalue weighted by molar-refractivity contribution is 0.0748. The molecule has 2 amide bonds. The molecule has 0 aromatic heterocycles. The molecule has 0 atom stereocenters. The van der Waals surface area contributed by atoms with Crippen LogP contribution in [0.15, 0.2) is 84.9 Å². The topological polar surface area (TPSA) is 107 Å². The van der Waals surface area contributed by atoms with Gasteiger partial charge in [0.2, 0.25) is 10.0 Å². The molecular weight excluding hydrogens is 502 g/mol. The summed E-state index contributed by atoms with van der Waals surface area (Å²) in [6.07, 6.45) is 0.937. The number of aromatic hydroxyl groups is 1. The maximum atomic E-state index is 13.6. The van der Waals surface area contributed by atoms with Crippen LogP contribution in [0.3, 0.4) is 0 Å². The van der Waals surface area contributed by atoms with Crippen molar-refractivity contribution < 1.29 is 23.1 Å². The maximum absolute atomic E-state index is 13.6. The zero-order chi connectivity index (χ0) is 26.9. The zero-order valence-electron chi connectivity index (χ0n) is 20.8. The van der Waals surface area contributed by atoms with Gasteiger partial charge in [0, 0.05) is 43.0 Å². The van der Waals surface area contributed by atoms with Crippen LogP contribution in [-0.2, 0) is 10.0 Å². The van der Waals surface area contributed by atoms with Gasteiger partial charge in [-0.3, -0.25) is 9.59 Å². The van der Waals surface area contributed by atoms with Crippen molar-refractivity contribution in [2.45, 2.75) is 0 Å². The van der Waals surface area contributed by atoms with E-state index in [9.17, 15) is 23.1 Å². The summed E-state index contributed by atoms with van der Waals surface area (Å²) in [4.78, 5) is 29.6. The average molecular weight is 530 g/mol. The van der Waals surface area contributed by atoms with Gasteiger partial charge >= 0.3 is 0 Å². The SMILES string of the molecule is CS(=O)(=O)NC(=O)c1ccc(N2CCN(C(=O)c3ccc(-c4cccc(O)c4)c4ccccc34)CC2)cc1. The molecular formula is C29H27N3O5S. The minimum atomic E-state index is -3.63. The Hall–Kier alpha value is -4.37. The summed E-state index contributed by atoms with van der Waals surface area (Å²) in [5.41, 5.74) is 3.63. The molecule has 0 radical (unpaired) electrons. The highest BCUT2D eigenvalue weighted by Crippen LogP contribution is 2.33. The monoisotopic (exact) mass is 529 g/mol. The van der Waals surface area contributed by atoms with Crippen molar-refractivity contribution in [1.29, 1.82) is 0 Å². The molecule has 38 heavy (non-hydrogen) atoms. The number of piperazine rings is 1. The van der Waals surface area contributed by atoms with E-state index >= 15 is 0 Å². The number of hydrogen-bond acceptors (Lipinski definition) is 6. The highest BCUT2D eigenvalue weighted by molar-refractivity contribution is 7.89. The molecule has 1 saturated heterocycles. The van der Waals surface area contributed by atoms with Crippen LogP contribution < -0.4 is 9.62 Å². The standard InChI is InChI=1S/C29H27N3O5S/c1-38(36,37)30-28(34)20-9-11-22(12-10-20)31-15-17-32(18-16-31)29(35)27-14-13-24(21-5-4-6-23(33)19-21)25-7-2-3-8-26(25)27/h2-14,19,33H,15-18H2,1H3,(H,30,34). The molecule has 1 aliphatic heterocycles. The van der Waals surface area contributed by atoms with Crippen molar-refractivity contribution in [2.75, 3.05) is 37.3 Å². The molecule has 5 rings (SSSR count). The number of phenolic OH excluding ortho intramolecular Hbond substituents is 1. The molecule has 1 aliphatic rings. The number of sulfonamides is 1. The molecule has 0 spiro atoms. The molecule has 4 aromatic carbocycles. The van der Waals surface area contributed by atoms with Gasteiger partial charge in [-0.2, -0.15) is 0 Å². The van der Waals surface area contributed by atoms with Gasteiger partial charge in [-0.1, -0.05) is 42.5 Å². The van der Waals surface area contributed by atoms with E-state index in [1.807, 2.05) is 52.1 Å². The number of amides is 2. The molecule has 0 unspecified atom stereocenters. The lowest BCUT2D eigenvalue weighted by Gasteiger charge is -2.36. The van der Waals surface area contributed by atoms with Gasteiger partial charge in [-0.05, 0) is 64.4 Å². The van der Waals surface area contributed by atoms with Crippen LogP contribution in [0.25, 0.3) is 21.9 Å². The van der Waals surface area contributed by atoms with Crippen molar-refractivity contribution >= 4 is 38.3 Å². The third kappa shape index (κ3) is 5.33. The first-order valence-electron chi connectivity index (χ1n) is 12.2. The smallest absolute Gasteiger partial charge is 0.264 e. The number of carbonyl (C=O) groups excluding carboxylic acids is 2. The van der Waals surface area contributed by atoms with Gasteiger partial charge in [0.15, 0.2) is 0 Å². The second-order valence-electron chi connectivity index (χ2n) is 9.29. The van der Waals surface area contributed by atoms with Gasteiger partial charge < -0.3 is 14.9 Å². The second kappa shape index (κ2) is 10.2. The summed E-state index contributed by atoms with van der Waals surface area (Å²) in [6.45, 7) is 2.33. The Bertz CT molecular complexity index is 1630. The average Bonchev–Trinajstić information content (AvgIpc) is 2.91. The molecule has 194 valence electrons. The number of phenols is 1. The Morgan fingerprint density at radius 2 is 1.50 bits per heavy atom. The van der Waals surface area contributed by atoms with Crippen LogP contribution in [0, 0.1) is 0 Å². The van der Waals surface area contributed by atoms with E-state index in [2.05, 4.69) is 4.90 Å². The highest BCUT2D eigenvalue weighted by Gasteiger charge is 2.24. The van der Waals surface area contributed by atoms with Gasteiger partial charge in [-0.25, -0.2) is 13.1 Å². The number of carbonyl (C=O) groups is 2. The number of hydrogen-bond donors (Lipinski definition) is 2. The van der Waals surface area contributed by atoms with Gasteiger partial charge in [0.1, 0.15) is 5.75 Å². The molecule has 1 fully saturated rings. The summed E-state index contributed by atoms with van der Waals surface area (Å²) in [6, 6.07) is 25.4. The molecule has 8 nitrogen and oxygen atoms in total. The lowest BCUT2D eigenvalue weighted by Crippen LogP contribution is -2.48. The number of rotatable bonds is 5. The summed E-state index contributed by atoms with van der Waals surface area (Å²) < 4.78 is 24.6. The normalized spacial score (nSPS) is 13.9. The highest BCUT2D eigenvalue weighted by atomic mass is 32.2. The Morgan fingerprint density at radius 1 is 0.816 bits per heavy atom. The van der Waals surface area contributed by atoms with Crippen molar-refractivity contribution in [3.63, 3.8) is 0 Å². The first kappa shape index (κ1) is 25.3. The summed E-state index contributed by atoms with van der Waals surface area (Å²) >= 11 is 0. The van der Waals surface area contributed by atoms with Crippen molar-refractivity contribution in [2.24, 2.45) is 0 Å². The van der Waals surface area contributed by atoms with Crippen LogP contribution in [0.2, 0.25) is 0 Å². The minimum absolute atomic E-state index is 0.0314. The Balaban J connectivity index is 1.31. The predicted octanol–water partition coefficient (Wildman–Crippen LogP) is 3.86. The maximum Gasteiger partial charge on any atom is 0.264 e. The van der Waals surface area contributed by atoms with Crippen LogP contribution >= 0.6 is 0 Å². The van der Waals surface area contributed by atoms with Crippen LogP contribution in [-0.4, -0.2) is 62.7 Å². The first-order valence-corrected chi connectivity index (χ1v) is 14.1. The molecule has 2 N–H and O–H groups in total. The quantitative estimate of drug-likeness (QED) is 0.407.